The van der Waals surface area contributed by atoms with Crippen LogP contribution in [0.15, 0.2) is 64.3 Å². The molecule has 0 atom stereocenters. The third-order valence-electron chi connectivity index (χ3n) is 3.82. The quantitative estimate of drug-likeness (QED) is 0.619. The molecule has 1 heterocycles. The van der Waals surface area contributed by atoms with Crippen LogP contribution in [-0.4, -0.2) is 30.7 Å². The Morgan fingerprint density at radius 3 is 2.54 bits per heavy atom. The van der Waals surface area contributed by atoms with E-state index in [9.17, 15) is 4.79 Å². The van der Waals surface area contributed by atoms with E-state index in [1.807, 2.05) is 61.9 Å². The van der Waals surface area contributed by atoms with Crippen molar-refractivity contribution in [2.75, 3.05) is 24.7 Å². The second-order valence-corrected chi connectivity index (χ2v) is 8.07. The number of rotatable bonds is 7. The molecule has 3 aromatic rings. The van der Waals surface area contributed by atoms with Crippen LogP contribution in [-0.2, 0) is 11.3 Å². The summed E-state index contributed by atoms with van der Waals surface area (Å²) in [6, 6.07) is 18.2. The maximum Gasteiger partial charge on any atom is 0.230 e. The SMILES string of the molecule is CN(C)c1ccc(CNC(=O)CSc2nc(-c3ccccc3)cs2)cc1. The van der Waals surface area contributed by atoms with Gasteiger partial charge >= 0.3 is 0 Å². The zero-order valence-corrected chi connectivity index (χ0v) is 16.4. The lowest BCUT2D eigenvalue weighted by Crippen LogP contribution is -2.24. The van der Waals surface area contributed by atoms with Gasteiger partial charge in [0.2, 0.25) is 5.91 Å². The molecule has 0 aliphatic carbocycles. The zero-order chi connectivity index (χ0) is 18.4. The number of carbonyl (C=O) groups excluding carboxylic acids is 1. The van der Waals surface area contributed by atoms with E-state index in [0.717, 1.165) is 26.8 Å². The Morgan fingerprint density at radius 2 is 1.85 bits per heavy atom. The molecule has 6 heteroatoms. The zero-order valence-electron chi connectivity index (χ0n) is 14.8. The Hall–Kier alpha value is -2.31. The van der Waals surface area contributed by atoms with E-state index in [1.165, 1.54) is 11.8 Å². The first kappa shape index (κ1) is 18.5. The van der Waals surface area contributed by atoms with Gasteiger partial charge in [-0.25, -0.2) is 4.98 Å². The van der Waals surface area contributed by atoms with E-state index in [2.05, 4.69) is 27.3 Å². The summed E-state index contributed by atoms with van der Waals surface area (Å²) in [7, 11) is 4.02. The normalized spacial score (nSPS) is 10.5. The number of nitrogens with zero attached hydrogens (tertiary/aromatic N) is 2. The lowest BCUT2D eigenvalue weighted by molar-refractivity contribution is -0.118. The molecular weight excluding hydrogens is 362 g/mol. The molecule has 0 aliphatic heterocycles. The van der Waals surface area contributed by atoms with Gasteiger partial charge in [0, 0.05) is 37.3 Å². The number of thioether (sulfide) groups is 1. The largest absolute Gasteiger partial charge is 0.378 e. The molecule has 1 N–H and O–H groups in total. The standard InChI is InChI=1S/C20H21N3OS2/c1-23(2)17-10-8-15(9-11-17)12-21-19(24)14-26-20-22-18(13-25-20)16-6-4-3-5-7-16/h3-11,13H,12,14H2,1-2H3,(H,21,24). The van der Waals surface area contributed by atoms with Crippen molar-refractivity contribution in [1.29, 1.82) is 0 Å². The molecule has 0 unspecified atom stereocenters. The van der Waals surface area contributed by atoms with Crippen molar-refractivity contribution in [2.24, 2.45) is 0 Å². The highest BCUT2D eigenvalue weighted by Crippen LogP contribution is 2.27. The monoisotopic (exact) mass is 383 g/mol. The lowest BCUT2D eigenvalue weighted by atomic mass is 10.2. The van der Waals surface area contributed by atoms with Crippen LogP contribution >= 0.6 is 23.1 Å². The van der Waals surface area contributed by atoms with Crippen molar-refractivity contribution in [2.45, 2.75) is 10.9 Å². The minimum Gasteiger partial charge on any atom is -0.378 e. The van der Waals surface area contributed by atoms with E-state index in [4.69, 9.17) is 0 Å². The van der Waals surface area contributed by atoms with Gasteiger partial charge in [-0.1, -0.05) is 54.2 Å². The van der Waals surface area contributed by atoms with Crippen molar-refractivity contribution in [3.05, 3.63) is 65.5 Å². The van der Waals surface area contributed by atoms with Crippen molar-refractivity contribution >= 4 is 34.7 Å². The molecule has 0 radical (unpaired) electrons. The summed E-state index contributed by atoms with van der Waals surface area (Å²) in [5.74, 6) is 0.389. The average molecular weight is 384 g/mol. The molecule has 134 valence electrons. The van der Waals surface area contributed by atoms with Crippen LogP contribution in [0, 0.1) is 0 Å². The number of hydrogen-bond acceptors (Lipinski definition) is 5. The fraction of sp³-hybridized carbons (Fsp3) is 0.200. The number of amides is 1. The van der Waals surface area contributed by atoms with Crippen LogP contribution in [0.25, 0.3) is 11.3 Å². The summed E-state index contributed by atoms with van der Waals surface area (Å²) < 4.78 is 0.911. The number of aromatic nitrogens is 1. The van der Waals surface area contributed by atoms with Crippen molar-refractivity contribution < 1.29 is 4.79 Å². The van der Waals surface area contributed by atoms with Crippen LogP contribution < -0.4 is 10.2 Å². The molecule has 3 rings (SSSR count). The number of benzene rings is 2. The van der Waals surface area contributed by atoms with Crippen molar-refractivity contribution in [1.82, 2.24) is 10.3 Å². The van der Waals surface area contributed by atoms with Gasteiger partial charge in [0.25, 0.3) is 0 Å². The summed E-state index contributed by atoms with van der Waals surface area (Å²) in [5, 5.41) is 4.99. The minimum atomic E-state index is 0.0168. The average Bonchev–Trinajstić information content (AvgIpc) is 3.15. The van der Waals surface area contributed by atoms with Gasteiger partial charge in [-0.15, -0.1) is 11.3 Å². The molecule has 0 saturated carbocycles. The fourth-order valence-electron chi connectivity index (χ4n) is 2.36. The van der Waals surface area contributed by atoms with Crippen LogP contribution in [0.1, 0.15) is 5.56 Å². The maximum atomic E-state index is 12.1. The summed E-state index contributed by atoms with van der Waals surface area (Å²) in [4.78, 5) is 18.7. The second-order valence-electron chi connectivity index (χ2n) is 5.99. The highest BCUT2D eigenvalue weighted by atomic mass is 32.2. The van der Waals surface area contributed by atoms with Crippen molar-refractivity contribution in [3.8, 4) is 11.3 Å². The lowest BCUT2D eigenvalue weighted by Gasteiger charge is -2.12. The molecule has 1 amide bonds. The third-order valence-corrected chi connectivity index (χ3v) is 5.84. The van der Waals surface area contributed by atoms with Gasteiger partial charge in [-0.2, -0.15) is 0 Å². The van der Waals surface area contributed by atoms with Gasteiger partial charge in [-0.05, 0) is 17.7 Å². The fourth-order valence-corrected chi connectivity index (χ4v) is 4.02. The predicted octanol–water partition coefficient (Wildman–Crippen LogP) is 4.28. The number of carbonyl (C=O) groups is 1. The molecule has 4 nitrogen and oxygen atoms in total. The van der Waals surface area contributed by atoms with Crippen LogP contribution in [0.3, 0.4) is 0 Å². The first-order valence-corrected chi connectivity index (χ1v) is 10.1. The number of anilines is 1. The molecule has 1 aromatic heterocycles. The number of hydrogen-bond donors (Lipinski definition) is 1. The van der Waals surface area contributed by atoms with Crippen LogP contribution in [0.5, 0.6) is 0 Å². The smallest absolute Gasteiger partial charge is 0.230 e. The topological polar surface area (TPSA) is 45.2 Å². The van der Waals surface area contributed by atoms with E-state index in [-0.39, 0.29) is 5.91 Å². The Kier molecular flexibility index (Phi) is 6.30. The second kappa shape index (κ2) is 8.87. The Bertz CT molecular complexity index is 845. The van der Waals surface area contributed by atoms with Crippen LogP contribution in [0.2, 0.25) is 0 Å². The van der Waals surface area contributed by atoms with E-state index in [0.29, 0.717) is 12.3 Å². The molecule has 0 saturated heterocycles. The minimum absolute atomic E-state index is 0.0168. The molecule has 0 bridgehead atoms. The molecule has 26 heavy (non-hydrogen) atoms. The molecule has 0 aliphatic rings. The van der Waals surface area contributed by atoms with E-state index >= 15 is 0 Å². The van der Waals surface area contributed by atoms with Gasteiger partial charge < -0.3 is 10.2 Å². The van der Waals surface area contributed by atoms with Gasteiger partial charge in [0.1, 0.15) is 0 Å². The number of nitrogens with one attached hydrogen (secondary N) is 1. The summed E-state index contributed by atoms with van der Waals surface area (Å²) in [6.45, 7) is 0.542. The van der Waals surface area contributed by atoms with Gasteiger partial charge in [0.15, 0.2) is 4.34 Å². The number of thiazole rings is 1. The van der Waals surface area contributed by atoms with E-state index in [1.54, 1.807) is 11.3 Å². The molecule has 0 spiro atoms. The molecule has 2 aromatic carbocycles. The first-order valence-electron chi connectivity index (χ1n) is 8.28. The van der Waals surface area contributed by atoms with Gasteiger partial charge in [-0.3, -0.25) is 4.79 Å². The predicted molar refractivity (Wildman–Crippen MR) is 111 cm³/mol. The third kappa shape index (κ3) is 5.09. The van der Waals surface area contributed by atoms with E-state index < -0.39 is 0 Å². The van der Waals surface area contributed by atoms with Gasteiger partial charge in [0.05, 0.1) is 11.4 Å². The highest BCUT2D eigenvalue weighted by molar-refractivity contribution is 8.01. The summed E-state index contributed by atoms with van der Waals surface area (Å²) in [5.41, 5.74) is 4.30. The Balaban J connectivity index is 1.46. The van der Waals surface area contributed by atoms with Crippen molar-refractivity contribution in [3.63, 3.8) is 0 Å². The molecular formula is C20H21N3OS2. The Labute approximate surface area is 162 Å². The molecule has 0 fully saturated rings. The van der Waals surface area contributed by atoms with Crippen LogP contribution in [0.4, 0.5) is 5.69 Å². The maximum absolute atomic E-state index is 12.1. The highest BCUT2D eigenvalue weighted by Gasteiger charge is 2.08. The summed E-state index contributed by atoms with van der Waals surface area (Å²) >= 11 is 3.05. The first-order chi connectivity index (χ1) is 12.6. The summed E-state index contributed by atoms with van der Waals surface area (Å²) in [6.07, 6.45) is 0. The Morgan fingerprint density at radius 1 is 1.12 bits per heavy atom.